The second-order valence-corrected chi connectivity index (χ2v) is 8.64. The molecule has 0 saturated carbocycles. The molecule has 3 aromatic rings. The SMILES string of the molecule is CC(=O)C1=NN(c2ccc(C)cc2)C(c2ccc(C(C)C)cc2)N1c1ccc(Cl)cc1. The monoisotopic (exact) mass is 431 g/mol. The average molecular weight is 432 g/mol. The molecule has 1 heterocycles. The van der Waals surface area contributed by atoms with Crippen LogP contribution in [0.1, 0.15) is 49.5 Å². The number of rotatable bonds is 5. The van der Waals surface area contributed by atoms with Gasteiger partial charge in [-0.3, -0.25) is 9.69 Å². The lowest BCUT2D eigenvalue weighted by molar-refractivity contribution is -0.111. The summed E-state index contributed by atoms with van der Waals surface area (Å²) in [6, 6.07) is 24.3. The number of carbonyl (C=O) groups excluding carboxylic acids is 1. The van der Waals surface area contributed by atoms with Gasteiger partial charge in [0, 0.05) is 17.6 Å². The molecule has 0 bridgehead atoms. The van der Waals surface area contributed by atoms with Crippen molar-refractivity contribution in [1.29, 1.82) is 0 Å². The highest BCUT2D eigenvalue weighted by atomic mass is 35.5. The number of ketones is 1. The zero-order chi connectivity index (χ0) is 22.1. The van der Waals surface area contributed by atoms with E-state index >= 15 is 0 Å². The van der Waals surface area contributed by atoms with Crippen molar-refractivity contribution in [3.63, 3.8) is 0 Å². The molecule has 0 aliphatic carbocycles. The van der Waals surface area contributed by atoms with Crippen molar-refractivity contribution in [2.24, 2.45) is 5.10 Å². The van der Waals surface area contributed by atoms with Gasteiger partial charge in [0.15, 0.2) is 17.8 Å². The van der Waals surface area contributed by atoms with Crippen LogP contribution in [-0.4, -0.2) is 11.6 Å². The lowest BCUT2D eigenvalue weighted by Gasteiger charge is -2.32. The molecule has 158 valence electrons. The zero-order valence-electron chi connectivity index (χ0n) is 18.2. The van der Waals surface area contributed by atoms with Crippen LogP contribution in [0.3, 0.4) is 0 Å². The number of halogens is 1. The van der Waals surface area contributed by atoms with Gasteiger partial charge < -0.3 is 0 Å². The van der Waals surface area contributed by atoms with E-state index < -0.39 is 0 Å². The lowest BCUT2D eigenvalue weighted by atomic mass is 10.00. The minimum absolute atomic E-state index is 0.0895. The summed E-state index contributed by atoms with van der Waals surface area (Å²) in [6.07, 6.45) is -0.288. The van der Waals surface area contributed by atoms with Gasteiger partial charge in [0.25, 0.3) is 0 Å². The quantitative estimate of drug-likeness (QED) is 0.451. The summed E-state index contributed by atoms with van der Waals surface area (Å²) < 4.78 is 0. The van der Waals surface area contributed by atoms with Gasteiger partial charge in [0.2, 0.25) is 0 Å². The molecule has 5 heteroatoms. The first-order chi connectivity index (χ1) is 14.8. The number of anilines is 2. The van der Waals surface area contributed by atoms with E-state index in [-0.39, 0.29) is 11.9 Å². The number of amidine groups is 1. The van der Waals surface area contributed by atoms with Crippen LogP contribution in [-0.2, 0) is 4.79 Å². The van der Waals surface area contributed by atoms with Crippen molar-refractivity contribution >= 4 is 34.6 Å². The van der Waals surface area contributed by atoms with Gasteiger partial charge in [-0.2, -0.15) is 0 Å². The molecule has 0 radical (unpaired) electrons. The summed E-state index contributed by atoms with van der Waals surface area (Å²) in [7, 11) is 0. The predicted molar refractivity (Wildman–Crippen MR) is 129 cm³/mol. The normalized spacial score (nSPS) is 16.1. The Morgan fingerprint density at radius 1 is 0.903 bits per heavy atom. The molecule has 4 nitrogen and oxygen atoms in total. The maximum atomic E-state index is 12.6. The number of Topliss-reactive ketones (excluding diaryl/α,β-unsaturated/α-hetero) is 1. The van der Waals surface area contributed by atoms with Crippen LogP contribution < -0.4 is 9.91 Å². The number of nitrogens with zero attached hydrogens (tertiary/aromatic N) is 3. The minimum atomic E-state index is -0.288. The number of benzene rings is 3. The van der Waals surface area contributed by atoms with Crippen LogP contribution in [0.25, 0.3) is 0 Å². The number of hydrazone groups is 1. The van der Waals surface area contributed by atoms with Crippen molar-refractivity contribution in [2.75, 3.05) is 9.91 Å². The molecule has 31 heavy (non-hydrogen) atoms. The maximum Gasteiger partial charge on any atom is 0.198 e. The minimum Gasteiger partial charge on any atom is -0.295 e. The number of aryl methyl sites for hydroxylation is 1. The van der Waals surface area contributed by atoms with Gasteiger partial charge in [-0.25, -0.2) is 5.01 Å². The van der Waals surface area contributed by atoms with Crippen molar-refractivity contribution in [1.82, 2.24) is 0 Å². The van der Waals surface area contributed by atoms with Crippen molar-refractivity contribution in [3.05, 3.63) is 94.5 Å². The average Bonchev–Trinajstić information content (AvgIpc) is 3.16. The van der Waals surface area contributed by atoms with E-state index in [1.165, 1.54) is 11.1 Å². The third kappa shape index (κ3) is 4.21. The Morgan fingerprint density at radius 2 is 1.48 bits per heavy atom. The summed E-state index contributed by atoms with van der Waals surface area (Å²) in [5, 5.41) is 7.35. The van der Waals surface area contributed by atoms with E-state index in [9.17, 15) is 4.79 Å². The number of hydrogen-bond donors (Lipinski definition) is 0. The first-order valence-corrected chi connectivity index (χ1v) is 10.8. The van der Waals surface area contributed by atoms with Crippen LogP contribution in [0.2, 0.25) is 5.02 Å². The highest BCUT2D eigenvalue weighted by Gasteiger charge is 2.39. The Bertz CT molecular complexity index is 1100. The molecule has 1 aliphatic rings. The molecule has 0 fully saturated rings. The molecule has 0 aromatic heterocycles. The molecule has 1 unspecified atom stereocenters. The fraction of sp³-hybridized carbons (Fsp3) is 0.231. The van der Waals surface area contributed by atoms with Crippen LogP contribution >= 0.6 is 11.6 Å². The fourth-order valence-electron chi connectivity index (χ4n) is 3.78. The summed E-state index contributed by atoms with van der Waals surface area (Å²) in [6.45, 7) is 7.97. The fourth-order valence-corrected chi connectivity index (χ4v) is 3.90. The third-order valence-corrected chi connectivity index (χ3v) is 5.78. The summed E-state index contributed by atoms with van der Waals surface area (Å²) >= 11 is 6.13. The smallest absolute Gasteiger partial charge is 0.198 e. The topological polar surface area (TPSA) is 35.9 Å². The first-order valence-electron chi connectivity index (χ1n) is 10.5. The first kappa shape index (κ1) is 21.1. The molecule has 0 amide bonds. The summed E-state index contributed by atoms with van der Waals surface area (Å²) in [5.74, 6) is 0.761. The number of hydrogen-bond acceptors (Lipinski definition) is 4. The highest BCUT2D eigenvalue weighted by molar-refractivity contribution is 6.44. The second kappa shape index (κ2) is 8.56. The van der Waals surface area contributed by atoms with Gasteiger partial charge in [-0.1, -0.05) is 67.4 Å². The standard InChI is InChI=1S/C26H26ClN3O/c1-17(2)20-7-9-21(10-8-20)26-29(23-15-11-22(27)12-16-23)25(19(4)31)28-30(26)24-13-5-18(3)6-14-24/h5-17,26H,1-4H3. The largest absolute Gasteiger partial charge is 0.295 e. The van der Waals surface area contributed by atoms with E-state index in [4.69, 9.17) is 16.7 Å². The Hall–Kier alpha value is -3.11. The molecule has 0 saturated heterocycles. The van der Waals surface area contributed by atoms with Gasteiger partial charge in [0.05, 0.1) is 5.69 Å². The van der Waals surface area contributed by atoms with E-state index in [0.717, 1.165) is 16.9 Å². The summed E-state index contributed by atoms with van der Waals surface area (Å²) in [5.41, 5.74) is 5.30. The number of carbonyl (C=O) groups is 1. The highest BCUT2D eigenvalue weighted by Crippen LogP contribution is 2.39. The Morgan fingerprint density at radius 3 is 2.03 bits per heavy atom. The van der Waals surface area contributed by atoms with Crippen LogP contribution in [0.15, 0.2) is 77.9 Å². The van der Waals surface area contributed by atoms with Crippen LogP contribution in [0.4, 0.5) is 11.4 Å². The molecule has 0 N–H and O–H groups in total. The van der Waals surface area contributed by atoms with Gasteiger partial charge in [-0.05, 0) is 60.4 Å². The van der Waals surface area contributed by atoms with Gasteiger partial charge in [-0.15, -0.1) is 5.10 Å². The Balaban J connectivity index is 1.87. The van der Waals surface area contributed by atoms with E-state index in [1.807, 2.05) is 46.3 Å². The van der Waals surface area contributed by atoms with E-state index in [0.29, 0.717) is 16.8 Å². The van der Waals surface area contributed by atoms with E-state index in [2.05, 4.69) is 57.2 Å². The van der Waals surface area contributed by atoms with Crippen LogP contribution in [0, 0.1) is 6.92 Å². The molecule has 3 aromatic carbocycles. The predicted octanol–water partition coefficient (Wildman–Crippen LogP) is 6.70. The molecule has 4 rings (SSSR count). The Kier molecular flexibility index (Phi) is 5.84. The second-order valence-electron chi connectivity index (χ2n) is 8.20. The summed E-state index contributed by atoms with van der Waals surface area (Å²) in [4.78, 5) is 14.6. The van der Waals surface area contributed by atoms with Gasteiger partial charge in [0.1, 0.15) is 0 Å². The molecular weight excluding hydrogens is 406 g/mol. The van der Waals surface area contributed by atoms with E-state index in [1.54, 1.807) is 6.92 Å². The molecule has 1 aliphatic heterocycles. The molecule has 0 spiro atoms. The van der Waals surface area contributed by atoms with Crippen molar-refractivity contribution in [3.8, 4) is 0 Å². The molecular formula is C26H26ClN3O. The maximum absolute atomic E-state index is 12.6. The Labute approximate surface area is 188 Å². The third-order valence-electron chi connectivity index (χ3n) is 5.53. The zero-order valence-corrected chi connectivity index (χ0v) is 19.0. The molecule has 1 atom stereocenters. The lowest BCUT2D eigenvalue weighted by Crippen LogP contribution is -2.37. The van der Waals surface area contributed by atoms with Crippen molar-refractivity contribution < 1.29 is 4.79 Å². The van der Waals surface area contributed by atoms with Crippen LogP contribution in [0.5, 0.6) is 0 Å². The van der Waals surface area contributed by atoms with Crippen molar-refractivity contribution in [2.45, 2.75) is 39.8 Å². The van der Waals surface area contributed by atoms with Gasteiger partial charge >= 0.3 is 0 Å².